The molecule has 1 aliphatic heterocycles. The quantitative estimate of drug-likeness (QED) is 0.595. The second kappa shape index (κ2) is 7.56. The summed E-state index contributed by atoms with van der Waals surface area (Å²) in [6, 6.07) is 1.09. The topological polar surface area (TPSA) is 123 Å². The molecule has 2 aromatic rings. The zero-order chi connectivity index (χ0) is 23.8. The van der Waals surface area contributed by atoms with Crippen LogP contribution in [-0.4, -0.2) is 59.8 Å². The highest BCUT2D eigenvalue weighted by Gasteiger charge is 2.58. The van der Waals surface area contributed by atoms with Crippen molar-refractivity contribution in [1.82, 2.24) is 25.0 Å². The van der Waals surface area contributed by atoms with Crippen LogP contribution in [0, 0.1) is 25.7 Å². The molecule has 5 rings (SSSR count). The summed E-state index contributed by atoms with van der Waals surface area (Å²) >= 11 is 12.3. The van der Waals surface area contributed by atoms with E-state index in [-0.39, 0.29) is 42.1 Å². The highest BCUT2D eigenvalue weighted by Crippen LogP contribution is 2.55. The van der Waals surface area contributed by atoms with E-state index in [1.807, 2.05) is 13.8 Å². The number of carbonyl (C=O) groups is 3. The van der Waals surface area contributed by atoms with Crippen LogP contribution in [0.25, 0.3) is 10.9 Å². The van der Waals surface area contributed by atoms with E-state index in [9.17, 15) is 14.4 Å². The van der Waals surface area contributed by atoms with Crippen molar-refractivity contribution in [2.24, 2.45) is 17.6 Å². The number of carbonyl (C=O) groups excluding carboxylic acids is 3. The third-order valence-corrected chi connectivity index (χ3v) is 7.96. The van der Waals surface area contributed by atoms with Crippen LogP contribution in [0.2, 0.25) is 0 Å². The van der Waals surface area contributed by atoms with Crippen molar-refractivity contribution in [3.05, 3.63) is 23.1 Å². The first-order valence-electron chi connectivity index (χ1n) is 11.1. The zero-order valence-corrected chi connectivity index (χ0v) is 20.2. The summed E-state index contributed by atoms with van der Waals surface area (Å²) in [6.07, 6.45) is 2.17. The Bertz CT molecular complexity index is 1190. The molecule has 0 aromatic carbocycles. The molecule has 2 aliphatic carbocycles. The molecule has 5 atom stereocenters. The van der Waals surface area contributed by atoms with E-state index in [1.165, 1.54) is 4.68 Å². The number of rotatable bonds is 6. The Morgan fingerprint density at radius 2 is 2.00 bits per heavy atom. The number of piperidine rings is 1. The van der Waals surface area contributed by atoms with Crippen LogP contribution in [0.5, 0.6) is 0 Å². The number of nitrogens with zero attached hydrogens (tertiary/aromatic N) is 4. The maximum absolute atomic E-state index is 13.4. The van der Waals surface area contributed by atoms with Crippen molar-refractivity contribution in [3.8, 4) is 0 Å². The minimum Gasteiger partial charge on any atom is -0.364 e. The molecular formula is C22H26Cl2N6O3. The number of likely N-dealkylation sites (tertiary alicyclic amines) is 1. The first-order chi connectivity index (χ1) is 15.5. The van der Waals surface area contributed by atoms with Gasteiger partial charge in [0.05, 0.1) is 11.2 Å². The highest BCUT2D eigenvalue weighted by molar-refractivity contribution is 6.51. The lowest BCUT2D eigenvalue weighted by atomic mass is 10.1. The lowest BCUT2D eigenvalue weighted by molar-refractivity contribution is -0.140. The molecule has 9 nitrogen and oxygen atoms in total. The summed E-state index contributed by atoms with van der Waals surface area (Å²) in [5.74, 6) is -0.728. The summed E-state index contributed by atoms with van der Waals surface area (Å²) in [7, 11) is 0. The Labute approximate surface area is 201 Å². The molecule has 3 N–H and O–H groups in total. The van der Waals surface area contributed by atoms with Crippen LogP contribution in [0.4, 0.5) is 0 Å². The van der Waals surface area contributed by atoms with E-state index in [0.717, 1.165) is 12.1 Å². The number of nitrogens with two attached hydrogens (primary N) is 1. The fourth-order valence-electron chi connectivity index (χ4n) is 5.31. The number of aryl methyl sites for hydroxylation is 2. The van der Waals surface area contributed by atoms with Crippen molar-refractivity contribution in [2.45, 2.75) is 69.0 Å². The molecule has 3 aliphatic rings. The smallest absolute Gasteiger partial charge is 0.269 e. The van der Waals surface area contributed by atoms with Crippen LogP contribution in [0.15, 0.2) is 6.07 Å². The SMILES string of the molecule is Cc1cc2c(C(N)=O)nn(CC(=O)N3[C@@H]4C[C@@H]4C[C@H]3C(=O)NC(C)[C@H]3CC3(Cl)Cl)c2c(C)n1. The van der Waals surface area contributed by atoms with E-state index in [4.69, 9.17) is 28.9 Å². The number of hydrogen-bond donors (Lipinski definition) is 2. The first-order valence-corrected chi connectivity index (χ1v) is 11.9. The van der Waals surface area contributed by atoms with Gasteiger partial charge in [0.2, 0.25) is 11.8 Å². The second-order valence-electron chi connectivity index (χ2n) is 9.60. The number of hydrogen-bond acceptors (Lipinski definition) is 5. The minimum absolute atomic E-state index is 0.00599. The minimum atomic E-state index is -0.788. The lowest BCUT2D eigenvalue weighted by Gasteiger charge is -2.28. The standard InChI is InChI=1S/C22H26Cl2N6O3/c1-9-4-13-18(20(25)32)28-29(19(13)11(3)26-9)8-17(31)30-15-5-12(15)6-16(30)21(33)27-10(2)14-7-22(14,23)24/h4,10,12,14-16H,5-8H2,1-3H3,(H2,25,32)(H,27,33)/t10?,12-,14-,15-,16+/m1/s1. The molecule has 176 valence electrons. The summed E-state index contributed by atoms with van der Waals surface area (Å²) in [5, 5.41) is 7.90. The number of nitrogens with one attached hydrogen (secondary N) is 1. The van der Waals surface area contributed by atoms with Crippen LogP contribution in [-0.2, 0) is 16.1 Å². The van der Waals surface area contributed by atoms with Crippen molar-refractivity contribution >= 4 is 51.8 Å². The van der Waals surface area contributed by atoms with Gasteiger partial charge in [0.1, 0.15) is 16.9 Å². The molecule has 1 saturated heterocycles. The molecule has 3 fully saturated rings. The molecular weight excluding hydrogens is 467 g/mol. The molecule has 0 radical (unpaired) electrons. The number of fused-ring (bicyclic) bond motifs is 2. The van der Waals surface area contributed by atoms with Gasteiger partial charge in [-0.15, -0.1) is 23.2 Å². The van der Waals surface area contributed by atoms with Gasteiger partial charge in [0.25, 0.3) is 5.91 Å². The molecule has 11 heteroatoms. The molecule has 3 heterocycles. The average Bonchev–Trinajstić information content (AvgIpc) is 3.51. The molecule has 0 bridgehead atoms. The summed E-state index contributed by atoms with van der Waals surface area (Å²) in [4.78, 5) is 44.5. The monoisotopic (exact) mass is 492 g/mol. The number of halogens is 2. The van der Waals surface area contributed by atoms with Crippen LogP contribution >= 0.6 is 23.2 Å². The van der Waals surface area contributed by atoms with Crippen molar-refractivity contribution in [2.75, 3.05) is 0 Å². The molecule has 2 aromatic heterocycles. The predicted octanol–water partition coefficient (Wildman–Crippen LogP) is 1.83. The molecule has 1 unspecified atom stereocenters. The van der Waals surface area contributed by atoms with Crippen molar-refractivity contribution < 1.29 is 14.4 Å². The Hall–Kier alpha value is -2.39. The van der Waals surface area contributed by atoms with Gasteiger partial charge in [0.15, 0.2) is 5.69 Å². The largest absolute Gasteiger partial charge is 0.364 e. The van der Waals surface area contributed by atoms with E-state index in [0.29, 0.717) is 35.4 Å². The van der Waals surface area contributed by atoms with Crippen molar-refractivity contribution in [3.63, 3.8) is 0 Å². The predicted molar refractivity (Wildman–Crippen MR) is 123 cm³/mol. The molecule has 0 spiro atoms. The average molecular weight is 493 g/mol. The van der Waals surface area contributed by atoms with Gasteiger partial charge >= 0.3 is 0 Å². The third kappa shape index (κ3) is 3.85. The maximum Gasteiger partial charge on any atom is 0.269 e. The van der Waals surface area contributed by atoms with Gasteiger partial charge < -0.3 is 16.0 Å². The highest BCUT2D eigenvalue weighted by atomic mass is 35.5. The third-order valence-electron chi connectivity index (χ3n) is 7.09. The van der Waals surface area contributed by atoms with Gasteiger partial charge in [-0.25, -0.2) is 0 Å². The Kier molecular flexibility index (Phi) is 5.13. The van der Waals surface area contributed by atoms with Gasteiger partial charge in [-0.3, -0.25) is 24.0 Å². The van der Waals surface area contributed by atoms with E-state index in [1.54, 1.807) is 17.9 Å². The number of amides is 3. The summed E-state index contributed by atoms with van der Waals surface area (Å²) in [6.45, 7) is 5.41. The Morgan fingerprint density at radius 1 is 1.30 bits per heavy atom. The van der Waals surface area contributed by atoms with Crippen LogP contribution in [0.1, 0.15) is 48.1 Å². The van der Waals surface area contributed by atoms with Gasteiger partial charge in [-0.1, -0.05) is 0 Å². The lowest BCUT2D eigenvalue weighted by Crippen LogP contribution is -2.51. The van der Waals surface area contributed by atoms with Gasteiger partial charge in [0, 0.05) is 29.1 Å². The van der Waals surface area contributed by atoms with E-state index >= 15 is 0 Å². The number of aromatic nitrogens is 3. The molecule has 33 heavy (non-hydrogen) atoms. The fraction of sp³-hybridized carbons (Fsp3) is 0.591. The van der Waals surface area contributed by atoms with Crippen LogP contribution in [0.3, 0.4) is 0 Å². The Morgan fingerprint density at radius 3 is 2.64 bits per heavy atom. The number of pyridine rings is 1. The van der Waals surface area contributed by atoms with E-state index in [2.05, 4.69) is 15.4 Å². The first kappa shape index (κ1) is 22.4. The van der Waals surface area contributed by atoms with Crippen molar-refractivity contribution in [1.29, 1.82) is 0 Å². The van der Waals surface area contributed by atoms with Gasteiger partial charge in [-0.05, 0) is 52.0 Å². The Balaban J connectivity index is 1.37. The molecule has 3 amide bonds. The van der Waals surface area contributed by atoms with E-state index < -0.39 is 16.3 Å². The number of alkyl halides is 2. The summed E-state index contributed by atoms with van der Waals surface area (Å²) < 4.78 is 0.690. The fourth-order valence-corrected chi connectivity index (χ4v) is 6.02. The summed E-state index contributed by atoms with van der Waals surface area (Å²) in [5.41, 5.74) is 7.62. The second-order valence-corrected chi connectivity index (χ2v) is 11.1. The number of primary amides is 1. The molecule has 2 saturated carbocycles. The zero-order valence-electron chi connectivity index (χ0n) is 18.6. The normalized spacial score (nSPS) is 27.8. The maximum atomic E-state index is 13.4. The van der Waals surface area contributed by atoms with Gasteiger partial charge in [-0.2, -0.15) is 5.10 Å². The van der Waals surface area contributed by atoms with Crippen LogP contribution < -0.4 is 11.1 Å².